The van der Waals surface area contributed by atoms with Crippen LogP contribution in [-0.4, -0.2) is 32.5 Å². The van der Waals surface area contributed by atoms with Crippen LogP contribution in [0.25, 0.3) is 11.1 Å². The fraction of sp³-hybridized carbons (Fsp3) is 0.188. The van der Waals surface area contributed by atoms with Crippen molar-refractivity contribution in [2.45, 2.75) is 11.4 Å². The van der Waals surface area contributed by atoms with Crippen LogP contribution in [0.4, 0.5) is 0 Å². The van der Waals surface area contributed by atoms with Gasteiger partial charge < -0.3 is 21.7 Å². The van der Waals surface area contributed by atoms with Gasteiger partial charge in [-0.1, -0.05) is 36.4 Å². The number of nitrogens with one attached hydrogen (secondary N) is 2. The molecule has 0 bridgehead atoms. The van der Waals surface area contributed by atoms with E-state index in [4.69, 9.17) is 21.9 Å². The first-order valence-corrected chi connectivity index (χ1v) is 9.28. The van der Waals surface area contributed by atoms with Crippen LogP contribution in [0, 0.1) is 0 Å². The van der Waals surface area contributed by atoms with Crippen molar-refractivity contribution in [3.63, 3.8) is 0 Å². The molecule has 0 heterocycles. The first-order valence-electron chi connectivity index (χ1n) is 7.74. The third-order valence-corrected chi connectivity index (χ3v) is 4.67. The molecule has 0 unspecified atom stereocenters. The molecule has 0 aromatic heterocycles. The smallest absolute Gasteiger partial charge is 0.238 e. The number of aliphatic hydroxyl groups excluding tert-OH is 1. The Hall–Kier alpha value is -2.50. The molecule has 140 valence electrons. The van der Waals surface area contributed by atoms with Crippen LogP contribution in [0.5, 0.6) is 0 Å². The monoisotopic (exact) mass is 378 g/mol. The largest absolute Gasteiger partial charge is 0.395 e. The van der Waals surface area contributed by atoms with Crippen molar-refractivity contribution in [2.75, 3.05) is 13.2 Å². The molecular formula is C16H22N6O3S. The van der Waals surface area contributed by atoms with Crippen LogP contribution in [0.15, 0.2) is 52.5 Å². The van der Waals surface area contributed by atoms with Crippen LogP contribution in [0.3, 0.4) is 0 Å². The summed E-state index contributed by atoms with van der Waals surface area (Å²) >= 11 is 0. The van der Waals surface area contributed by atoms with E-state index in [0.717, 1.165) is 11.1 Å². The lowest BCUT2D eigenvalue weighted by molar-refractivity contribution is 0.292. The summed E-state index contributed by atoms with van der Waals surface area (Å²) in [6.45, 7) is 1.17. The van der Waals surface area contributed by atoms with Crippen LogP contribution in [-0.2, 0) is 16.6 Å². The molecule has 0 saturated heterocycles. The molecule has 0 saturated carbocycles. The predicted molar refractivity (Wildman–Crippen MR) is 100 cm³/mol. The number of amidine groups is 1. The van der Waals surface area contributed by atoms with Gasteiger partial charge in [0.15, 0.2) is 5.84 Å². The highest BCUT2D eigenvalue weighted by molar-refractivity contribution is 7.89. The second kappa shape index (κ2) is 8.74. The summed E-state index contributed by atoms with van der Waals surface area (Å²) in [5, 5.41) is 20.7. The van der Waals surface area contributed by atoms with E-state index in [1.165, 1.54) is 6.07 Å². The molecule has 26 heavy (non-hydrogen) atoms. The van der Waals surface area contributed by atoms with Crippen molar-refractivity contribution in [2.24, 2.45) is 21.9 Å². The molecule has 0 atom stereocenters. The summed E-state index contributed by atoms with van der Waals surface area (Å²) in [6, 6.07) is 12.1. The number of hydrogen-bond acceptors (Lipinski definition) is 7. The maximum Gasteiger partial charge on any atom is 0.238 e. The molecule has 0 aliphatic heterocycles. The zero-order valence-electron chi connectivity index (χ0n) is 14.0. The fourth-order valence-electron chi connectivity index (χ4n) is 2.54. The van der Waals surface area contributed by atoms with Crippen molar-refractivity contribution in [1.82, 2.24) is 10.7 Å². The summed E-state index contributed by atoms with van der Waals surface area (Å²) in [6.07, 6.45) is 0. The van der Waals surface area contributed by atoms with Crippen molar-refractivity contribution in [3.8, 4) is 11.1 Å². The number of rotatable bonds is 7. The maximum absolute atomic E-state index is 12.0. The van der Waals surface area contributed by atoms with Crippen molar-refractivity contribution >= 4 is 15.9 Å². The molecule has 2 aromatic rings. The third kappa shape index (κ3) is 4.56. The Morgan fingerprint density at radius 1 is 1.15 bits per heavy atom. The Kier molecular flexibility index (Phi) is 6.66. The summed E-state index contributed by atoms with van der Waals surface area (Å²) in [7, 11) is -4.02. The number of nitrogens with zero attached hydrogens (tertiary/aromatic N) is 1. The SMILES string of the molecule is N/N=C(/NN)c1c(-c2ccc(CNCCO)cc2)cccc1S(N)(=O)=O. The van der Waals surface area contributed by atoms with Gasteiger partial charge in [0.1, 0.15) is 0 Å². The fourth-order valence-corrected chi connectivity index (χ4v) is 3.30. The molecule has 9 N–H and O–H groups in total. The molecule has 2 rings (SSSR count). The molecule has 0 aliphatic carbocycles. The molecule has 0 fully saturated rings. The third-order valence-electron chi connectivity index (χ3n) is 3.72. The molecule has 2 aromatic carbocycles. The standard InChI is InChI=1S/C16H22N6O3S/c17-21-16(22-18)15-13(2-1-3-14(15)26(19,24)25)12-6-4-11(5-7-12)10-20-8-9-23/h1-7,20,23H,8-10,17-18H2,(H,21,22)(H2,19,24,25). The Morgan fingerprint density at radius 2 is 1.85 bits per heavy atom. The van der Waals surface area contributed by atoms with Crippen molar-refractivity contribution in [3.05, 3.63) is 53.6 Å². The van der Waals surface area contributed by atoms with Crippen LogP contribution in [0.1, 0.15) is 11.1 Å². The highest BCUT2D eigenvalue weighted by Crippen LogP contribution is 2.29. The molecule has 0 aliphatic rings. The van der Waals surface area contributed by atoms with E-state index in [9.17, 15) is 8.42 Å². The Labute approximate surface area is 151 Å². The van der Waals surface area contributed by atoms with E-state index >= 15 is 0 Å². The van der Waals surface area contributed by atoms with Gasteiger partial charge in [-0.05, 0) is 22.8 Å². The minimum absolute atomic E-state index is 0.00156. The van der Waals surface area contributed by atoms with Crippen LogP contribution >= 0.6 is 0 Å². The van der Waals surface area contributed by atoms with Gasteiger partial charge in [-0.25, -0.2) is 19.4 Å². The Balaban J connectivity index is 2.52. The second-order valence-electron chi connectivity index (χ2n) is 5.44. The zero-order valence-corrected chi connectivity index (χ0v) is 14.8. The quantitative estimate of drug-likeness (QED) is 0.120. The van der Waals surface area contributed by atoms with Gasteiger partial charge in [-0.3, -0.25) is 0 Å². The number of benzene rings is 2. The van der Waals surface area contributed by atoms with E-state index in [0.29, 0.717) is 18.7 Å². The number of aliphatic hydroxyl groups is 1. The summed E-state index contributed by atoms with van der Waals surface area (Å²) in [5.41, 5.74) is 4.82. The summed E-state index contributed by atoms with van der Waals surface area (Å²) in [5.74, 6) is 10.8. The van der Waals surface area contributed by atoms with Crippen molar-refractivity contribution in [1.29, 1.82) is 0 Å². The Morgan fingerprint density at radius 3 is 2.38 bits per heavy atom. The molecule has 0 radical (unpaired) electrons. The number of hydrogen-bond donors (Lipinski definition) is 6. The van der Waals surface area contributed by atoms with Gasteiger partial charge in [0, 0.05) is 18.7 Å². The lowest BCUT2D eigenvalue weighted by Gasteiger charge is -2.15. The normalized spacial score (nSPS) is 12.2. The highest BCUT2D eigenvalue weighted by atomic mass is 32.2. The predicted octanol–water partition coefficient (Wildman–Crippen LogP) is -0.833. The molecule has 9 nitrogen and oxygen atoms in total. The second-order valence-corrected chi connectivity index (χ2v) is 6.97. The first kappa shape index (κ1) is 19.8. The van der Waals surface area contributed by atoms with E-state index in [-0.39, 0.29) is 22.9 Å². The molecule has 0 spiro atoms. The van der Waals surface area contributed by atoms with Gasteiger partial charge in [0.25, 0.3) is 0 Å². The maximum atomic E-state index is 12.0. The number of primary sulfonamides is 1. The molecule has 10 heteroatoms. The number of hydrazine groups is 1. The number of nitrogens with two attached hydrogens (primary N) is 3. The van der Waals surface area contributed by atoms with E-state index in [1.54, 1.807) is 12.1 Å². The number of hydrazone groups is 1. The number of sulfonamides is 1. The minimum Gasteiger partial charge on any atom is -0.395 e. The highest BCUT2D eigenvalue weighted by Gasteiger charge is 2.21. The Bertz CT molecular complexity index is 881. The molecule has 0 amide bonds. The average molecular weight is 378 g/mol. The van der Waals surface area contributed by atoms with Crippen LogP contribution in [0.2, 0.25) is 0 Å². The van der Waals surface area contributed by atoms with Gasteiger partial charge >= 0.3 is 0 Å². The summed E-state index contributed by atoms with van der Waals surface area (Å²) in [4.78, 5) is -0.133. The average Bonchev–Trinajstić information content (AvgIpc) is 2.63. The van der Waals surface area contributed by atoms with E-state index in [2.05, 4.69) is 15.8 Å². The van der Waals surface area contributed by atoms with Gasteiger partial charge in [-0.2, -0.15) is 5.10 Å². The first-order chi connectivity index (χ1) is 12.4. The van der Waals surface area contributed by atoms with E-state index in [1.807, 2.05) is 24.3 Å². The topological polar surface area (TPSA) is 169 Å². The van der Waals surface area contributed by atoms with Gasteiger partial charge in [0.05, 0.1) is 11.5 Å². The van der Waals surface area contributed by atoms with Gasteiger partial charge in [0.2, 0.25) is 10.0 Å². The molecular weight excluding hydrogens is 356 g/mol. The summed E-state index contributed by atoms with van der Waals surface area (Å²) < 4.78 is 23.9. The van der Waals surface area contributed by atoms with Crippen molar-refractivity contribution < 1.29 is 13.5 Å². The van der Waals surface area contributed by atoms with E-state index < -0.39 is 10.0 Å². The van der Waals surface area contributed by atoms with Gasteiger partial charge in [-0.15, -0.1) is 0 Å². The lowest BCUT2D eigenvalue weighted by Crippen LogP contribution is -2.34. The minimum atomic E-state index is -4.02. The lowest BCUT2D eigenvalue weighted by atomic mass is 9.98. The van der Waals surface area contributed by atoms with Crippen LogP contribution < -0.4 is 27.6 Å². The zero-order chi connectivity index (χ0) is 19.2.